The maximum atomic E-state index is 5.92. The number of allylic oxidation sites excluding steroid dienone is 4. The molecule has 6 aromatic rings. The van der Waals surface area contributed by atoms with Crippen LogP contribution in [0.5, 0.6) is 0 Å². The molecule has 1 aliphatic rings. The highest BCUT2D eigenvalue weighted by molar-refractivity contribution is 7.16. The van der Waals surface area contributed by atoms with Crippen LogP contribution in [0.4, 0.5) is 0 Å². The summed E-state index contributed by atoms with van der Waals surface area (Å²) in [4.78, 5) is 0. The Kier molecular flexibility index (Phi) is 5.84. The molecule has 2 nitrogen and oxygen atoms in total. The fourth-order valence-electron chi connectivity index (χ4n) is 6.05. The van der Waals surface area contributed by atoms with Gasteiger partial charge in [0, 0.05) is 16.5 Å². The number of benzene rings is 5. The van der Waals surface area contributed by atoms with Crippen LogP contribution in [0, 0.1) is 0 Å². The smallest absolute Gasteiger partial charge is 0.183 e. The van der Waals surface area contributed by atoms with Gasteiger partial charge in [0.15, 0.2) is 8.07 Å². The third-order valence-corrected chi connectivity index (χ3v) is 12.4. The lowest BCUT2D eigenvalue weighted by atomic mass is 10.1. The molecule has 0 aliphatic carbocycles. The topological polar surface area (TPSA) is 14.2 Å². The highest BCUT2D eigenvalue weighted by atomic mass is 28.3. The summed E-state index contributed by atoms with van der Waals surface area (Å²) in [6.07, 6.45) is 9.97. The number of nitrogens with zero attached hydrogens (tertiary/aromatic N) is 1. The molecule has 1 aliphatic heterocycles. The maximum absolute atomic E-state index is 5.92. The van der Waals surface area contributed by atoms with Gasteiger partial charge in [0.05, 0.1) is 23.6 Å². The standard InChI is InChI=1S/C36H27NOSi/c1-4-14-28(15-5-1)37-35-22-11-10-21-33(35)34-26-31(23-24-36(34)37)39(29-16-6-2-7-17-29,30-18-8-3-9-19-30)32-20-12-13-25-38-27-32/h1-27H. The van der Waals surface area contributed by atoms with Gasteiger partial charge in [-0.15, -0.1) is 0 Å². The lowest BCUT2D eigenvalue weighted by Gasteiger charge is -2.34. The normalized spacial score (nSPS) is 13.3. The number of para-hydroxylation sites is 2. The predicted molar refractivity (Wildman–Crippen MR) is 166 cm³/mol. The molecule has 0 unspecified atom stereocenters. The molecular weight excluding hydrogens is 490 g/mol. The average Bonchev–Trinajstić information content (AvgIpc) is 3.12. The van der Waals surface area contributed by atoms with Crippen molar-refractivity contribution in [3.8, 4) is 5.69 Å². The highest BCUT2D eigenvalue weighted by Gasteiger charge is 2.43. The first-order valence-electron chi connectivity index (χ1n) is 13.3. The zero-order chi connectivity index (χ0) is 26.1. The summed E-state index contributed by atoms with van der Waals surface area (Å²) in [5, 5.41) is 7.69. The zero-order valence-corrected chi connectivity index (χ0v) is 22.4. The Morgan fingerprint density at radius 3 is 1.85 bits per heavy atom. The quantitative estimate of drug-likeness (QED) is 0.182. The van der Waals surface area contributed by atoms with Gasteiger partial charge < -0.3 is 9.30 Å². The minimum atomic E-state index is -2.73. The molecule has 5 aromatic carbocycles. The van der Waals surface area contributed by atoms with Gasteiger partial charge in [-0.2, -0.15) is 0 Å². The molecule has 0 atom stereocenters. The van der Waals surface area contributed by atoms with Gasteiger partial charge in [-0.25, -0.2) is 0 Å². The summed E-state index contributed by atoms with van der Waals surface area (Å²) in [6, 6.07) is 48.4. The first-order chi connectivity index (χ1) is 19.4. The Morgan fingerprint density at radius 2 is 1.13 bits per heavy atom. The van der Waals surface area contributed by atoms with Crippen LogP contribution in [0.3, 0.4) is 0 Å². The van der Waals surface area contributed by atoms with Crippen LogP contribution in [-0.2, 0) is 4.74 Å². The van der Waals surface area contributed by atoms with Gasteiger partial charge in [0.2, 0.25) is 0 Å². The van der Waals surface area contributed by atoms with Gasteiger partial charge in [0.1, 0.15) is 0 Å². The van der Waals surface area contributed by atoms with Crippen LogP contribution in [0.2, 0.25) is 0 Å². The molecule has 0 amide bonds. The molecule has 0 radical (unpaired) electrons. The van der Waals surface area contributed by atoms with Crippen molar-refractivity contribution >= 4 is 45.4 Å². The summed E-state index contributed by atoms with van der Waals surface area (Å²) in [6.45, 7) is 0. The Balaban J connectivity index is 1.59. The third-order valence-electron chi connectivity index (χ3n) is 7.71. The van der Waals surface area contributed by atoms with Crippen molar-refractivity contribution in [3.63, 3.8) is 0 Å². The summed E-state index contributed by atoms with van der Waals surface area (Å²) in [7, 11) is -2.73. The van der Waals surface area contributed by atoms with E-state index in [9.17, 15) is 0 Å². The van der Waals surface area contributed by atoms with Crippen LogP contribution < -0.4 is 15.6 Å². The summed E-state index contributed by atoms with van der Waals surface area (Å²) >= 11 is 0. The Morgan fingerprint density at radius 1 is 0.513 bits per heavy atom. The van der Waals surface area contributed by atoms with Crippen LogP contribution >= 0.6 is 0 Å². The summed E-state index contributed by atoms with van der Waals surface area (Å²) in [5.41, 5.74) is 3.59. The van der Waals surface area contributed by atoms with Crippen molar-refractivity contribution in [2.75, 3.05) is 0 Å². The second kappa shape index (κ2) is 9.79. The van der Waals surface area contributed by atoms with E-state index in [4.69, 9.17) is 4.74 Å². The highest BCUT2D eigenvalue weighted by Crippen LogP contribution is 2.32. The van der Waals surface area contributed by atoms with E-state index in [1.807, 2.05) is 12.3 Å². The molecule has 0 spiro atoms. The number of hydrogen-bond acceptors (Lipinski definition) is 1. The molecule has 186 valence electrons. The van der Waals surface area contributed by atoms with Crippen molar-refractivity contribution in [2.45, 2.75) is 0 Å². The summed E-state index contributed by atoms with van der Waals surface area (Å²) in [5.74, 6) is 0. The molecule has 0 bridgehead atoms. The Hall–Kier alpha value is -4.86. The molecule has 0 saturated heterocycles. The Labute approximate surface area is 229 Å². The van der Waals surface area contributed by atoms with E-state index in [1.54, 1.807) is 6.26 Å². The minimum absolute atomic E-state index is 1.17. The SMILES string of the molecule is C1=COC=C([Si](c2ccccc2)(c2ccccc2)c2ccc3c(c2)c2ccccc2n3-c2ccccc2)C=C1. The van der Waals surface area contributed by atoms with Crippen molar-refractivity contribution in [1.82, 2.24) is 4.57 Å². The van der Waals surface area contributed by atoms with Gasteiger partial charge >= 0.3 is 0 Å². The largest absolute Gasteiger partial charge is 0.473 e. The average molecular weight is 518 g/mol. The third kappa shape index (κ3) is 3.78. The molecule has 3 heteroatoms. The van der Waals surface area contributed by atoms with Crippen LogP contribution in [0.25, 0.3) is 27.5 Å². The maximum Gasteiger partial charge on any atom is 0.183 e. The van der Waals surface area contributed by atoms with E-state index in [1.165, 1.54) is 48.2 Å². The molecule has 7 rings (SSSR count). The van der Waals surface area contributed by atoms with E-state index < -0.39 is 8.07 Å². The fraction of sp³-hybridized carbons (Fsp3) is 0. The second-order valence-electron chi connectivity index (χ2n) is 9.80. The van der Waals surface area contributed by atoms with E-state index in [0.717, 1.165) is 0 Å². The first-order valence-corrected chi connectivity index (χ1v) is 15.3. The summed E-state index contributed by atoms with van der Waals surface area (Å²) < 4.78 is 8.30. The Bertz CT molecular complexity index is 1830. The van der Waals surface area contributed by atoms with Crippen LogP contribution in [0.1, 0.15) is 0 Å². The van der Waals surface area contributed by atoms with Gasteiger partial charge in [-0.05, 0) is 51.1 Å². The van der Waals surface area contributed by atoms with Gasteiger partial charge in [-0.3, -0.25) is 0 Å². The zero-order valence-electron chi connectivity index (χ0n) is 21.4. The molecule has 0 fully saturated rings. The molecule has 0 N–H and O–H groups in total. The van der Waals surface area contributed by atoms with Crippen LogP contribution in [0.15, 0.2) is 169 Å². The number of ether oxygens (including phenoxy) is 1. The number of hydrogen-bond donors (Lipinski definition) is 0. The van der Waals surface area contributed by atoms with Gasteiger partial charge in [-0.1, -0.05) is 121 Å². The second-order valence-corrected chi connectivity index (χ2v) is 13.6. The van der Waals surface area contributed by atoms with Crippen molar-refractivity contribution in [1.29, 1.82) is 0 Å². The number of rotatable bonds is 5. The first kappa shape index (κ1) is 23.3. The van der Waals surface area contributed by atoms with E-state index in [2.05, 4.69) is 150 Å². The predicted octanol–water partition coefficient (Wildman–Crippen LogP) is 6.78. The fourth-order valence-corrected chi connectivity index (χ4v) is 10.7. The molecule has 1 aromatic heterocycles. The van der Waals surface area contributed by atoms with Crippen LogP contribution in [-0.4, -0.2) is 12.6 Å². The lowest BCUT2D eigenvalue weighted by molar-refractivity contribution is 0.402. The molecule has 2 heterocycles. The molecule has 39 heavy (non-hydrogen) atoms. The number of fused-ring (bicyclic) bond motifs is 3. The minimum Gasteiger partial charge on any atom is -0.473 e. The number of aromatic nitrogens is 1. The van der Waals surface area contributed by atoms with E-state index >= 15 is 0 Å². The van der Waals surface area contributed by atoms with Crippen molar-refractivity contribution in [2.24, 2.45) is 0 Å². The van der Waals surface area contributed by atoms with Crippen molar-refractivity contribution in [3.05, 3.63) is 169 Å². The monoisotopic (exact) mass is 517 g/mol. The molecule has 0 saturated carbocycles. The van der Waals surface area contributed by atoms with E-state index in [-0.39, 0.29) is 0 Å². The lowest BCUT2D eigenvalue weighted by Crippen LogP contribution is -2.68. The van der Waals surface area contributed by atoms with E-state index in [0.29, 0.717) is 0 Å². The molecular formula is C36H27NOSi. The van der Waals surface area contributed by atoms with Gasteiger partial charge in [0.25, 0.3) is 0 Å². The van der Waals surface area contributed by atoms with Crippen molar-refractivity contribution < 1.29 is 4.74 Å².